The number of carbonyl (C=O) groups is 1. The Kier molecular flexibility index (Phi) is 4.64. The van der Waals surface area contributed by atoms with Crippen LogP contribution in [0, 0.1) is 0 Å². The second-order valence-corrected chi connectivity index (χ2v) is 6.21. The van der Waals surface area contributed by atoms with Gasteiger partial charge in [0.1, 0.15) is 17.2 Å². The monoisotopic (exact) mass is 350 g/mol. The Labute approximate surface area is 144 Å². The van der Waals surface area contributed by atoms with Gasteiger partial charge >= 0.3 is 0 Å². The van der Waals surface area contributed by atoms with E-state index in [-0.39, 0.29) is 22.4 Å². The molecule has 1 aromatic heterocycles. The molecule has 0 fully saturated rings. The number of nitrogens with two attached hydrogens (primary N) is 1. The van der Waals surface area contributed by atoms with Gasteiger partial charge in [-0.3, -0.25) is 9.89 Å². The zero-order valence-corrected chi connectivity index (χ0v) is 13.8. The van der Waals surface area contributed by atoms with Crippen molar-refractivity contribution >= 4 is 17.5 Å². The Morgan fingerprint density at radius 2 is 2.17 bits per heavy atom. The first-order chi connectivity index (χ1) is 11.5. The van der Waals surface area contributed by atoms with E-state index in [0.717, 1.165) is 11.3 Å². The molecule has 0 saturated heterocycles. The molecular formula is C16H19ClN4O3. The normalized spacial score (nSPS) is 13.8. The fourth-order valence-corrected chi connectivity index (χ4v) is 3.05. The second kappa shape index (κ2) is 6.70. The summed E-state index contributed by atoms with van der Waals surface area (Å²) < 4.78 is 0. The van der Waals surface area contributed by atoms with Gasteiger partial charge in [-0.2, -0.15) is 5.10 Å². The van der Waals surface area contributed by atoms with Crippen molar-refractivity contribution in [3.63, 3.8) is 0 Å². The lowest BCUT2D eigenvalue weighted by atomic mass is 10.00. The van der Waals surface area contributed by atoms with E-state index in [2.05, 4.69) is 10.2 Å². The van der Waals surface area contributed by atoms with E-state index in [1.165, 1.54) is 12.1 Å². The van der Waals surface area contributed by atoms with Crippen molar-refractivity contribution in [3.05, 3.63) is 28.4 Å². The Hall–Kier alpha value is -2.25. The van der Waals surface area contributed by atoms with Gasteiger partial charge in [-0.05, 0) is 19.0 Å². The zero-order chi connectivity index (χ0) is 17.3. The summed E-state index contributed by atoms with van der Waals surface area (Å²) in [4.78, 5) is 14.0. The van der Waals surface area contributed by atoms with Crippen LogP contribution in [0.1, 0.15) is 24.1 Å². The number of nitrogens with zero attached hydrogens (tertiary/aromatic N) is 2. The maximum Gasteiger partial charge on any atom is 0.222 e. The van der Waals surface area contributed by atoms with Crippen LogP contribution in [0.4, 0.5) is 0 Å². The number of phenolic OH excluding ortho intramolecular Hbond substituents is 2. The molecule has 0 atom stereocenters. The van der Waals surface area contributed by atoms with Gasteiger partial charge in [-0.25, -0.2) is 0 Å². The topological polar surface area (TPSA) is 115 Å². The smallest absolute Gasteiger partial charge is 0.222 e. The molecule has 1 aromatic carbocycles. The number of aromatic amines is 1. The molecule has 8 heteroatoms. The number of benzene rings is 1. The first-order valence-electron chi connectivity index (χ1n) is 7.77. The number of amides is 1. The largest absolute Gasteiger partial charge is 0.507 e. The Morgan fingerprint density at radius 3 is 2.92 bits per heavy atom. The number of nitrogens with one attached hydrogen (secondary N) is 1. The molecule has 0 aliphatic carbocycles. The third-order valence-corrected chi connectivity index (χ3v) is 4.50. The molecule has 1 aliphatic rings. The number of carbonyl (C=O) groups excluding carboxylic acids is 1. The third-order valence-electron chi connectivity index (χ3n) is 4.20. The van der Waals surface area contributed by atoms with Crippen molar-refractivity contribution in [2.75, 3.05) is 13.1 Å². The first kappa shape index (κ1) is 16.6. The lowest BCUT2D eigenvalue weighted by molar-refractivity contribution is -0.132. The molecule has 0 bridgehead atoms. The van der Waals surface area contributed by atoms with E-state index in [1.807, 2.05) is 0 Å². The highest BCUT2D eigenvalue weighted by molar-refractivity contribution is 6.32. The van der Waals surface area contributed by atoms with Gasteiger partial charge in [0.25, 0.3) is 0 Å². The number of rotatable bonds is 4. The third kappa shape index (κ3) is 3.05. The maximum atomic E-state index is 12.2. The van der Waals surface area contributed by atoms with Crippen molar-refractivity contribution in [2.24, 2.45) is 5.73 Å². The summed E-state index contributed by atoms with van der Waals surface area (Å²) in [6.07, 6.45) is 1.76. The van der Waals surface area contributed by atoms with E-state index in [9.17, 15) is 15.0 Å². The number of fused-ring (bicyclic) bond motifs is 1. The van der Waals surface area contributed by atoms with Crippen molar-refractivity contribution in [2.45, 2.75) is 25.8 Å². The van der Waals surface area contributed by atoms with Crippen molar-refractivity contribution in [1.82, 2.24) is 15.1 Å². The van der Waals surface area contributed by atoms with Gasteiger partial charge in [-0.15, -0.1) is 0 Å². The molecule has 2 heterocycles. The van der Waals surface area contributed by atoms with Gasteiger partial charge in [0.05, 0.1) is 5.02 Å². The maximum absolute atomic E-state index is 12.2. The van der Waals surface area contributed by atoms with Crippen LogP contribution in [-0.2, 0) is 17.8 Å². The van der Waals surface area contributed by atoms with Crippen LogP contribution in [0.2, 0.25) is 5.02 Å². The molecule has 0 radical (unpaired) electrons. The van der Waals surface area contributed by atoms with E-state index in [0.29, 0.717) is 50.2 Å². The highest BCUT2D eigenvalue weighted by Crippen LogP contribution is 2.39. The standard InChI is InChI=1S/C16H19ClN4O3/c17-11-6-9(13(22)7-14(11)23)16-10-8-21(15(24)2-1-4-18)5-3-12(10)19-20-16/h6-7,22-23H,1-5,8,18H2,(H,19,20). The summed E-state index contributed by atoms with van der Waals surface area (Å²) in [6, 6.07) is 2.66. The Morgan fingerprint density at radius 1 is 1.38 bits per heavy atom. The molecule has 5 N–H and O–H groups in total. The molecule has 128 valence electrons. The molecule has 0 spiro atoms. The minimum atomic E-state index is -0.194. The number of hydrogen-bond donors (Lipinski definition) is 4. The van der Waals surface area contributed by atoms with Crippen LogP contribution < -0.4 is 5.73 Å². The summed E-state index contributed by atoms with van der Waals surface area (Å²) in [5.74, 6) is -0.245. The number of H-pyrrole nitrogens is 1. The molecule has 3 rings (SSSR count). The van der Waals surface area contributed by atoms with Gasteiger partial charge in [-0.1, -0.05) is 11.6 Å². The summed E-state index contributed by atoms with van der Waals surface area (Å²) in [6.45, 7) is 1.53. The van der Waals surface area contributed by atoms with E-state index in [4.69, 9.17) is 17.3 Å². The van der Waals surface area contributed by atoms with Gasteiger partial charge in [0.2, 0.25) is 5.91 Å². The van der Waals surface area contributed by atoms with Gasteiger partial charge in [0.15, 0.2) is 0 Å². The average molecular weight is 351 g/mol. The van der Waals surface area contributed by atoms with Crippen LogP contribution >= 0.6 is 11.6 Å². The van der Waals surface area contributed by atoms with Crippen LogP contribution in [0.3, 0.4) is 0 Å². The number of phenols is 2. The van der Waals surface area contributed by atoms with Crippen LogP contribution in [0.5, 0.6) is 11.5 Å². The van der Waals surface area contributed by atoms with E-state index < -0.39 is 0 Å². The molecule has 0 saturated carbocycles. The number of halogens is 1. The number of aromatic nitrogens is 2. The molecule has 2 aromatic rings. The quantitative estimate of drug-likeness (QED) is 0.670. The fourth-order valence-electron chi connectivity index (χ4n) is 2.88. The molecule has 24 heavy (non-hydrogen) atoms. The summed E-state index contributed by atoms with van der Waals surface area (Å²) in [5.41, 5.74) is 8.23. The lowest BCUT2D eigenvalue weighted by Crippen LogP contribution is -2.36. The predicted octanol–water partition coefficient (Wildman–Crippen LogP) is 1.76. The minimum Gasteiger partial charge on any atom is -0.507 e. The molecule has 7 nitrogen and oxygen atoms in total. The van der Waals surface area contributed by atoms with Crippen LogP contribution in [-0.4, -0.2) is 44.3 Å². The fraction of sp³-hybridized carbons (Fsp3) is 0.375. The zero-order valence-electron chi connectivity index (χ0n) is 13.0. The van der Waals surface area contributed by atoms with Gasteiger partial charge in [0, 0.05) is 48.8 Å². The van der Waals surface area contributed by atoms with E-state index in [1.54, 1.807) is 4.90 Å². The SMILES string of the molecule is NCCCC(=O)N1CCc2[nH]nc(-c3cc(Cl)c(O)cc3O)c2C1. The average Bonchev–Trinajstić information content (AvgIpc) is 2.98. The minimum absolute atomic E-state index is 0.0613. The summed E-state index contributed by atoms with van der Waals surface area (Å²) >= 11 is 5.95. The molecule has 1 aliphatic heterocycles. The highest BCUT2D eigenvalue weighted by Gasteiger charge is 2.26. The van der Waals surface area contributed by atoms with Gasteiger partial charge < -0.3 is 20.8 Å². The molecular weight excluding hydrogens is 332 g/mol. The summed E-state index contributed by atoms with van der Waals surface area (Å²) in [7, 11) is 0. The van der Waals surface area contributed by atoms with E-state index >= 15 is 0 Å². The van der Waals surface area contributed by atoms with Crippen LogP contribution in [0.15, 0.2) is 12.1 Å². The van der Waals surface area contributed by atoms with Crippen molar-refractivity contribution in [3.8, 4) is 22.8 Å². The second-order valence-electron chi connectivity index (χ2n) is 5.81. The Bertz CT molecular complexity index is 775. The Balaban J connectivity index is 1.91. The number of aromatic hydroxyl groups is 2. The van der Waals surface area contributed by atoms with Crippen molar-refractivity contribution < 1.29 is 15.0 Å². The molecule has 1 amide bonds. The molecule has 0 unspecified atom stereocenters. The predicted molar refractivity (Wildman–Crippen MR) is 89.8 cm³/mol. The highest BCUT2D eigenvalue weighted by atomic mass is 35.5. The summed E-state index contributed by atoms with van der Waals surface area (Å²) in [5, 5.41) is 27.1. The number of hydrogen-bond acceptors (Lipinski definition) is 5. The lowest BCUT2D eigenvalue weighted by Gasteiger charge is -2.27. The van der Waals surface area contributed by atoms with Crippen molar-refractivity contribution in [1.29, 1.82) is 0 Å². The first-order valence-corrected chi connectivity index (χ1v) is 8.15. The van der Waals surface area contributed by atoms with Crippen LogP contribution in [0.25, 0.3) is 11.3 Å².